The number of carbonyl (C=O) groups excluding carboxylic acids is 2. The number of rotatable bonds is 8. The number of hydrogen-bond acceptors (Lipinski definition) is 3. The van der Waals surface area contributed by atoms with E-state index in [2.05, 4.69) is 112 Å². The normalized spacial score (nSPS) is 23.6. The Morgan fingerprint density at radius 2 is 1.49 bits per heavy atom. The van der Waals surface area contributed by atoms with Crippen LogP contribution in [-0.2, 0) is 14.9 Å². The van der Waals surface area contributed by atoms with E-state index in [-0.39, 0.29) is 35.4 Å². The second kappa shape index (κ2) is 13.1. The fourth-order valence-electron chi connectivity index (χ4n) is 8.93. The van der Waals surface area contributed by atoms with Crippen LogP contribution in [0.15, 0.2) is 66.0 Å². The van der Waals surface area contributed by atoms with Crippen LogP contribution in [0.4, 0.5) is 4.79 Å². The van der Waals surface area contributed by atoms with E-state index in [1.54, 1.807) is 0 Å². The molecule has 1 fully saturated rings. The van der Waals surface area contributed by atoms with Gasteiger partial charge in [-0.1, -0.05) is 123 Å². The molecule has 1 aliphatic heterocycles. The average molecular weight is 602 g/mol. The van der Waals surface area contributed by atoms with Crippen molar-refractivity contribution in [1.82, 2.24) is 4.90 Å². The predicted molar refractivity (Wildman–Crippen MR) is 181 cm³/mol. The zero-order valence-electron chi connectivity index (χ0n) is 28.3. The molecule has 43 heavy (non-hydrogen) atoms. The molecule has 0 radical (unpaired) electrons. The summed E-state index contributed by atoms with van der Waals surface area (Å²) in [5.74, 6) is 0.899. The number of benzene rings is 2. The summed E-state index contributed by atoms with van der Waals surface area (Å²) < 4.78 is 6.64. The lowest BCUT2D eigenvalue weighted by atomic mass is 9.64. The first-order valence-corrected chi connectivity index (χ1v) is 18.8. The summed E-state index contributed by atoms with van der Waals surface area (Å²) >= 11 is 0. The fraction of sp³-hybridized carbons (Fsp3) is 0.579. The first-order valence-electron chi connectivity index (χ1n) is 16.6. The summed E-state index contributed by atoms with van der Waals surface area (Å²) in [6.45, 7) is 22.6. The fourth-order valence-corrected chi connectivity index (χ4v) is 15.7. The second-order valence-corrected chi connectivity index (χ2v) is 20.8. The summed E-state index contributed by atoms with van der Waals surface area (Å²) in [4.78, 5) is 30.5. The quantitative estimate of drug-likeness (QED) is 0.283. The van der Waals surface area contributed by atoms with Crippen molar-refractivity contribution in [2.45, 2.75) is 129 Å². The van der Waals surface area contributed by atoms with Gasteiger partial charge in [0.2, 0.25) is 0 Å². The van der Waals surface area contributed by atoms with E-state index in [9.17, 15) is 9.59 Å². The van der Waals surface area contributed by atoms with Crippen LogP contribution in [0.25, 0.3) is 0 Å². The van der Waals surface area contributed by atoms with Gasteiger partial charge in [-0.15, -0.1) is 0 Å². The minimum atomic E-state index is -2.31. The molecule has 0 unspecified atom stereocenters. The van der Waals surface area contributed by atoms with E-state index in [1.807, 2.05) is 23.2 Å². The maximum atomic E-state index is 14.5. The standard InChI is InChI=1S/C38H55NO3Si/c1-25(2)43(26(3)4,27(5)6)36-24-39(33(23-34(36)40)31-19-15-14-16-29(31)8)37(41)42-35-22-28(7)20-21-32(35)38(9,10)30-17-12-11-13-18-30/h11-19,24-28,32-33,35H,20-23H2,1-10H3/t28-,32-,33-,35-/m1/s1. The predicted octanol–water partition coefficient (Wildman–Crippen LogP) is 10.3. The largest absolute Gasteiger partial charge is 0.446 e. The SMILES string of the molecule is Cc1ccccc1[C@H]1CC(=O)C([Si](C(C)C)(C(C)C)C(C)C)=CN1C(=O)O[C@@H]1C[C@H](C)CC[C@H]1C(C)(C)c1ccccc1. The number of carbonyl (C=O) groups is 2. The van der Waals surface area contributed by atoms with Gasteiger partial charge in [0.25, 0.3) is 0 Å². The van der Waals surface area contributed by atoms with Gasteiger partial charge in [-0.05, 0) is 69.6 Å². The van der Waals surface area contributed by atoms with Gasteiger partial charge in [0.15, 0.2) is 5.78 Å². The molecule has 5 heteroatoms. The van der Waals surface area contributed by atoms with Crippen LogP contribution in [-0.4, -0.2) is 31.0 Å². The lowest BCUT2D eigenvalue weighted by Gasteiger charge is -2.48. The van der Waals surface area contributed by atoms with Gasteiger partial charge in [-0.3, -0.25) is 9.69 Å². The van der Waals surface area contributed by atoms with E-state index in [0.717, 1.165) is 35.6 Å². The summed E-state index contributed by atoms with van der Waals surface area (Å²) in [5.41, 5.74) is 4.34. The number of ketones is 1. The maximum Gasteiger partial charge on any atom is 0.414 e. The third-order valence-electron chi connectivity index (χ3n) is 11.1. The number of amides is 1. The molecule has 2 aromatic carbocycles. The molecule has 0 saturated heterocycles. The van der Waals surface area contributed by atoms with Crippen molar-refractivity contribution in [1.29, 1.82) is 0 Å². The summed E-state index contributed by atoms with van der Waals surface area (Å²) in [6, 6.07) is 18.4. The molecular weight excluding hydrogens is 547 g/mol. The molecular formula is C38H55NO3Si. The van der Waals surface area contributed by atoms with E-state index in [1.165, 1.54) is 5.56 Å². The smallest absolute Gasteiger partial charge is 0.414 e. The highest BCUT2D eigenvalue weighted by Gasteiger charge is 2.51. The number of allylic oxidation sites excluding steroid dienone is 1. The van der Waals surface area contributed by atoms with Crippen molar-refractivity contribution < 1.29 is 14.3 Å². The minimum absolute atomic E-state index is 0.143. The number of hydrogen-bond donors (Lipinski definition) is 0. The average Bonchev–Trinajstić information content (AvgIpc) is 2.94. The van der Waals surface area contributed by atoms with Crippen LogP contribution < -0.4 is 0 Å². The molecule has 2 aliphatic rings. The molecule has 1 heterocycles. The zero-order valence-corrected chi connectivity index (χ0v) is 29.3. The topological polar surface area (TPSA) is 46.6 Å². The van der Waals surface area contributed by atoms with E-state index in [0.29, 0.717) is 29.0 Å². The Hall–Kier alpha value is -2.66. The van der Waals surface area contributed by atoms with Gasteiger partial charge >= 0.3 is 6.09 Å². The van der Waals surface area contributed by atoms with Crippen LogP contribution in [0.2, 0.25) is 16.6 Å². The summed E-state index contributed by atoms with van der Waals surface area (Å²) in [7, 11) is -2.31. The number of nitrogens with zero attached hydrogens (tertiary/aromatic N) is 1. The highest BCUT2D eigenvalue weighted by Crippen LogP contribution is 2.50. The van der Waals surface area contributed by atoms with Crippen molar-refractivity contribution in [3.63, 3.8) is 0 Å². The van der Waals surface area contributed by atoms with Gasteiger partial charge in [-0.2, -0.15) is 0 Å². The maximum absolute atomic E-state index is 14.5. The van der Waals surface area contributed by atoms with Crippen molar-refractivity contribution >= 4 is 20.0 Å². The first kappa shape index (κ1) is 33.2. The van der Waals surface area contributed by atoms with Gasteiger partial charge in [0.05, 0.1) is 6.04 Å². The number of ether oxygens (including phenoxy) is 1. The van der Waals surface area contributed by atoms with Crippen LogP contribution in [0.1, 0.15) is 111 Å². The Morgan fingerprint density at radius 3 is 2.07 bits per heavy atom. The van der Waals surface area contributed by atoms with Crippen molar-refractivity contribution in [3.8, 4) is 0 Å². The molecule has 234 valence electrons. The lowest BCUT2D eigenvalue weighted by molar-refractivity contribution is -0.116. The zero-order chi connectivity index (χ0) is 31.7. The third kappa shape index (κ3) is 6.29. The molecule has 4 nitrogen and oxygen atoms in total. The van der Waals surface area contributed by atoms with Crippen molar-refractivity contribution in [2.75, 3.05) is 0 Å². The minimum Gasteiger partial charge on any atom is -0.446 e. The Labute approximate surface area is 262 Å². The molecule has 0 N–H and O–H groups in total. The van der Waals surface area contributed by atoms with E-state index >= 15 is 0 Å². The molecule has 0 aromatic heterocycles. The molecule has 0 bridgehead atoms. The van der Waals surface area contributed by atoms with Crippen LogP contribution in [0.5, 0.6) is 0 Å². The lowest BCUT2D eigenvalue weighted by Crippen LogP contribution is -2.53. The third-order valence-corrected chi connectivity index (χ3v) is 18.2. The Bertz CT molecular complexity index is 1290. The molecule has 4 rings (SSSR count). The highest BCUT2D eigenvalue weighted by molar-refractivity contribution is 6.93. The highest BCUT2D eigenvalue weighted by atomic mass is 28.3. The van der Waals surface area contributed by atoms with Gasteiger partial charge in [0, 0.05) is 18.5 Å². The monoisotopic (exact) mass is 601 g/mol. The van der Waals surface area contributed by atoms with Gasteiger partial charge < -0.3 is 4.74 Å². The molecule has 1 amide bonds. The number of Topliss-reactive ketones (excluding diaryl/α,β-unsaturated/α-hetero) is 1. The van der Waals surface area contributed by atoms with E-state index in [4.69, 9.17) is 4.74 Å². The van der Waals surface area contributed by atoms with Gasteiger partial charge in [0.1, 0.15) is 14.2 Å². The Balaban J connectivity index is 1.79. The molecule has 4 atom stereocenters. The van der Waals surface area contributed by atoms with Gasteiger partial charge in [-0.25, -0.2) is 4.79 Å². The summed E-state index contributed by atoms with van der Waals surface area (Å²) in [5, 5.41) is 0.910. The first-order chi connectivity index (χ1) is 20.2. The van der Waals surface area contributed by atoms with Crippen LogP contribution >= 0.6 is 0 Å². The van der Waals surface area contributed by atoms with Crippen molar-refractivity contribution in [2.24, 2.45) is 11.8 Å². The molecule has 1 saturated carbocycles. The molecule has 2 aromatic rings. The number of aryl methyl sites for hydroxylation is 1. The second-order valence-electron chi connectivity index (χ2n) is 14.9. The van der Waals surface area contributed by atoms with E-state index < -0.39 is 8.07 Å². The molecule has 1 aliphatic carbocycles. The summed E-state index contributed by atoms with van der Waals surface area (Å²) in [6.07, 6.45) is 4.76. The Kier molecular flexibility index (Phi) is 10.2. The van der Waals surface area contributed by atoms with Crippen molar-refractivity contribution in [3.05, 3.63) is 82.7 Å². The van der Waals surface area contributed by atoms with Crippen LogP contribution in [0.3, 0.4) is 0 Å². The molecule has 0 spiro atoms. The van der Waals surface area contributed by atoms with Crippen LogP contribution in [0, 0.1) is 18.8 Å². The Morgan fingerprint density at radius 1 is 0.907 bits per heavy atom.